The lowest BCUT2D eigenvalue weighted by Crippen LogP contribution is -2.56. The van der Waals surface area contributed by atoms with E-state index < -0.39 is 5.97 Å². The van der Waals surface area contributed by atoms with Crippen molar-refractivity contribution in [3.63, 3.8) is 0 Å². The molecule has 7 heteroatoms. The molecule has 0 saturated carbocycles. The summed E-state index contributed by atoms with van der Waals surface area (Å²) in [7, 11) is 0. The Hall–Kier alpha value is -1.34. The molecule has 2 heterocycles. The Balaban J connectivity index is 1.81. The zero-order valence-electron chi connectivity index (χ0n) is 12.7. The topological polar surface area (TPSA) is 73.3 Å². The van der Waals surface area contributed by atoms with Crippen molar-refractivity contribution in [1.29, 1.82) is 0 Å². The molecule has 7 nitrogen and oxygen atoms in total. The summed E-state index contributed by atoms with van der Waals surface area (Å²) in [6.45, 7) is 7.92. The first-order chi connectivity index (χ1) is 10.1. The highest BCUT2D eigenvalue weighted by atomic mass is 16.5. The predicted octanol–water partition coefficient (Wildman–Crippen LogP) is 0.310. The molecule has 2 saturated heterocycles. The number of amides is 2. The van der Waals surface area contributed by atoms with E-state index in [1.54, 1.807) is 4.90 Å². The third-order valence-electron chi connectivity index (χ3n) is 3.99. The molecule has 1 atom stereocenters. The molecular weight excluding hydrogens is 274 g/mol. The van der Waals surface area contributed by atoms with Gasteiger partial charge in [0.05, 0.1) is 19.1 Å². The highest BCUT2D eigenvalue weighted by molar-refractivity contribution is 5.75. The number of nitrogens with zero attached hydrogens (tertiary/aromatic N) is 3. The van der Waals surface area contributed by atoms with Gasteiger partial charge in [-0.3, -0.25) is 9.69 Å². The largest absolute Gasteiger partial charge is 0.481 e. The number of ether oxygens (including phenoxy) is 1. The minimum atomic E-state index is -0.887. The molecule has 0 radical (unpaired) electrons. The number of hydrogen-bond acceptors (Lipinski definition) is 4. The first-order valence-electron chi connectivity index (χ1n) is 7.69. The average Bonchev–Trinajstić information content (AvgIpc) is 2.47. The SMILES string of the molecule is CCCN1CCN(C(=O)N2CCOC(CC(=O)O)C2)CC1. The van der Waals surface area contributed by atoms with E-state index in [1.165, 1.54) is 0 Å². The first-order valence-corrected chi connectivity index (χ1v) is 7.69. The molecule has 2 aliphatic heterocycles. The van der Waals surface area contributed by atoms with Gasteiger partial charge in [-0.1, -0.05) is 6.92 Å². The van der Waals surface area contributed by atoms with Crippen LogP contribution in [0.4, 0.5) is 4.79 Å². The number of aliphatic carboxylic acids is 1. The van der Waals surface area contributed by atoms with Crippen LogP contribution in [0.1, 0.15) is 19.8 Å². The van der Waals surface area contributed by atoms with Gasteiger partial charge in [0.25, 0.3) is 0 Å². The van der Waals surface area contributed by atoms with Crippen molar-refractivity contribution in [2.24, 2.45) is 0 Å². The van der Waals surface area contributed by atoms with Crippen molar-refractivity contribution >= 4 is 12.0 Å². The zero-order valence-corrected chi connectivity index (χ0v) is 12.7. The van der Waals surface area contributed by atoms with Crippen molar-refractivity contribution < 1.29 is 19.4 Å². The van der Waals surface area contributed by atoms with Crippen LogP contribution in [0, 0.1) is 0 Å². The van der Waals surface area contributed by atoms with Gasteiger partial charge >= 0.3 is 12.0 Å². The lowest BCUT2D eigenvalue weighted by molar-refractivity contribution is -0.141. The van der Waals surface area contributed by atoms with Crippen LogP contribution in [-0.4, -0.2) is 90.3 Å². The maximum atomic E-state index is 12.5. The van der Waals surface area contributed by atoms with Crippen molar-refractivity contribution in [3.8, 4) is 0 Å². The first kappa shape index (κ1) is 16.0. The monoisotopic (exact) mass is 299 g/mol. The van der Waals surface area contributed by atoms with Crippen LogP contribution in [0.3, 0.4) is 0 Å². The molecule has 1 N–H and O–H groups in total. The maximum absolute atomic E-state index is 12.5. The van der Waals surface area contributed by atoms with Gasteiger partial charge in [-0.05, 0) is 13.0 Å². The summed E-state index contributed by atoms with van der Waals surface area (Å²) in [5, 5.41) is 8.82. The van der Waals surface area contributed by atoms with E-state index in [-0.39, 0.29) is 18.6 Å². The maximum Gasteiger partial charge on any atom is 0.320 e. The molecule has 120 valence electrons. The van der Waals surface area contributed by atoms with Gasteiger partial charge in [0.15, 0.2) is 0 Å². The highest BCUT2D eigenvalue weighted by Gasteiger charge is 2.30. The van der Waals surface area contributed by atoms with Crippen LogP contribution in [0.2, 0.25) is 0 Å². The number of hydrogen-bond donors (Lipinski definition) is 1. The van der Waals surface area contributed by atoms with Crippen LogP contribution in [-0.2, 0) is 9.53 Å². The summed E-state index contributed by atoms with van der Waals surface area (Å²) in [6.07, 6.45) is 0.698. The van der Waals surface area contributed by atoms with Gasteiger partial charge in [-0.25, -0.2) is 4.79 Å². The fraction of sp³-hybridized carbons (Fsp3) is 0.857. The summed E-state index contributed by atoms with van der Waals surface area (Å²) in [4.78, 5) is 29.2. The van der Waals surface area contributed by atoms with E-state index in [0.29, 0.717) is 19.7 Å². The van der Waals surface area contributed by atoms with E-state index in [9.17, 15) is 9.59 Å². The van der Waals surface area contributed by atoms with Crippen LogP contribution >= 0.6 is 0 Å². The lowest BCUT2D eigenvalue weighted by atomic mass is 10.2. The quantitative estimate of drug-likeness (QED) is 0.809. The molecule has 2 aliphatic rings. The second kappa shape index (κ2) is 7.61. The normalized spacial score (nSPS) is 24.1. The molecule has 0 bridgehead atoms. The van der Waals surface area contributed by atoms with Crippen LogP contribution in [0.15, 0.2) is 0 Å². The molecule has 1 unspecified atom stereocenters. The average molecular weight is 299 g/mol. The van der Waals surface area contributed by atoms with Crippen molar-refractivity contribution in [1.82, 2.24) is 14.7 Å². The number of rotatable bonds is 4. The number of urea groups is 1. The number of carbonyl (C=O) groups is 2. The van der Waals surface area contributed by atoms with Gasteiger partial charge in [-0.15, -0.1) is 0 Å². The fourth-order valence-corrected chi connectivity index (χ4v) is 2.89. The Bertz CT molecular complexity index is 369. The molecule has 0 aromatic carbocycles. The van der Waals surface area contributed by atoms with Crippen LogP contribution in [0.25, 0.3) is 0 Å². The standard InChI is InChI=1S/C14H25N3O4/c1-2-3-15-4-6-16(7-5-15)14(20)17-8-9-21-12(11-17)10-13(18)19/h12H,2-11H2,1H3,(H,18,19). The van der Waals surface area contributed by atoms with E-state index in [2.05, 4.69) is 11.8 Å². The van der Waals surface area contributed by atoms with Crippen LogP contribution < -0.4 is 0 Å². The van der Waals surface area contributed by atoms with Crippen molar-refractivity contribution in [2.75, 3.05) is 52.4 Å². The Kier molecular flexibility index (Phi) is 5.81. The van der Waals surface area contributed by atoms with Gasteiger partial charge < -0.3 is 19.6 Å². The number of carboxylic acid groups (broad SMARTS) is 1. The third kappa shape index (κ3) is 4.57. The molecule has 0 aromatic heterocycles. The lowest BCUT2D eigenvalue weighted by Gasteiger charge is -2.39. The minimum absolute atomic E-state index is 0.0184. The molecule has 0 spiro atoms. The van der Waals surface area contributed by atoms with Gasteiger partial charge in [0, 0.05) is 39.3 Å². The summed E-state index contributed by atoms with van der Waals surface area (Å²) in [5.74, 6) is -0.887. The van der Waals surface area contributed by atoms with Crippen LogP contribution in [0.5, 0.6) is 0 Å². The summed E-state index contributed by atoms with van der Waals surface area (Å²) in [5.41, 5.74) is 0. The number of carboxylic acids is 1. The second-order valence-corrected chi connectivity index (χ2v) is 5.65. The number of morpholine rings is 1. The van der Waals surface area contributed by atoms with Gasteiger partial charge in [0.1, 0.15) is 0 Å². The van der Waals surface area contributed by atoms with Crippen molar-refractivity contribution in [2.45, 2.75) is 25.9 Å². The third-order valence-corrected chi connectivity index (χ3v) is 3.99. The second-order valence-electron chi connectivity index (χ2n) is 5.65. The highest BCUT2D eigenvalue weighted by Crippen LogP contribution is 2.13. The Morgan fingerprint density at radius 2 is 1.86 bits per heavy atom. The van der Waals surface area contributed by atoms with E-state index >= 15 is 0 Å². The molecule has 0 aromatic rings. The molecule has 0 aliphatic carbocycles. The summed E-state index contributed by atoms with van der Waals surface area (Å²) < 4.78 is 5.40. The summed E-state index contributed by atoms with van der Waals surface area (Å²) >= 11 is 0. The van der Waals surface area contributed by atoms with Crippen molar-refractivity contribution in [3.05, 3.63) is 0 Å². The molecule has 2 fully saturated rings. The number of carbonyl (C=O) groups excluding carboxylic acids is 1. The van der Waals surface area contributed by atoms with Gasteiger partial charge in [0.2, 0.25) is 0 Å². The fourth-order valence-electron chi connectivity index (χ4n) is 2.89. The van der Waals surface area contributed by atoms with E-state index in [4.69, 9.17) is 9.84 Å². The zero-order chi connectivity index (χ0) is 15.2. The van der Waals surface area contributed by atoms with E-state index in [0.717, 1.165) is 39.1 Å². The predicted molar refractivity (Wildman–Crippen MR) is 77.3 cm³/mol. The Labute approximate surface area is 125 Å². The molecule has 21 heavy (non-hydrogen) atoms. The molecule has 2 amide bonds. The smallest absolute Gasteiger partial charge is 0.320 e. The van der Waals surface area contributed by atoms with E-state index in [1.807, 2.05) is 4.90 Å². The molecule has 2 rings (SSSR count). The minimum Gasteiger partial charge on any atom is -0.481 e. The summed E-state index contributed by atoms with van der Waals surface area (Å²) in [6, 6.07) is 0.0184. The Morgan fingerprint density at radius 1 is 1.14 bits per heavy atom. The molecular formula is C14H25N3O4. The Morgan fingerprint density at radius 3 is 2.48 bits per heavy atom. The number of piperazine rings is 1. The van der Waals surface area contributed by atoms with Gasteiger partial charge in [-0.2, -0.15) is 0 Å².